The summed E-state index contributed by atoms with van der Waals surface area (Å²) >= 11 is 0. The molecule has 0 aromatic carbocycles. The lowest BCUT2D eigenvalue weighted by atomic mass is 9.92. The number of carbonyl (C=O) groups is 1. The van der Waals surface area contributed by atoms with E-state index in [1.54, 1.807) is 0 Å². The Morgan fingerprint density at radius 2 is 1.87 bits per heavy atom. The van der Waals surface area contributed by atoms with Gasteiger partial charge in [0.25, 0.3) is 0 Å². The first kappa shape index (κ1) is 12.5. The smallest absolute Gasteiger partial charge is 0.225 e. The summed E-state index contributed by atoms with van der Waals surface area (Å²) in [4.78, 5) is 11.9. The van der Waals surface area contributed by atoms with E-state index in [0.29, 0.717) is 18.4 Å². The van der Waals surface area contributed by atoms with Crippen LogP contribution in [0.3, 0.4) is 0 Å². The van der Waals surface area contributed by atoms with Gasteiger partial charge in [0.05, 0.1) is 12.5 Å². The molecule has 1 saturated heterocycles. The molecule has 88 valence electrons. The van der Waals surface area contributed by atoms with Gasteiger partial charge in [0, 0.05) is 12.6 Å². The molecule has 1 unspecified atom stereocenters. The van der Waals surface area contributed by atoms with Crippen LogP contribution in [0, 0.1) is 17.8 Å². The fourth-order valence-electron chi connectivity index (χ4n) is 2.13. The molecule has 1 fully saturated rings. The Kier molecular flexibility index (Phi) is 4.58. The van der Waals surface area contributed by atoms with Gasteiger partial charge in [-0.1, -0.05) is 27.7 Å². The summed E-state index contributed by atoms with van der Waals surface area (Å²) in [6.45, 7) is 9.92. The predicted octanol–water partition coefficient (Wildman–Crippen LogP) is 1.82. The van der Waals surface area contributed by atoms with Gasteiger partial charge in [-0.2, -0.15) is 0 Å². The highest BCUT2D eigenvalue weighted by atomic mass is 16.5. The van der Waals surface area contributed by atoms with E-state index in [-0.39, 0.29) is 17.9 Å². The van der Waals surface area contributed by atoms with Crippen LogP contribution in [-0.2, 0) is 9.53 Å². The summed E-state index contributed by atoms with van der Waals surface area (Å²) in [5, 5.41) is 3.14. The van der Waals surface area contributed by atoms with E-state index in [0.717, 1.165) is 13.0 Å². The molecule has 0 spiro atoms. The molecule has 1 rings (SSSR count). The molecule has 0 bridgehead atoms. The van der Waals surface area contributed by atoms with Crippen LogP contribution >= 0.6 is 0 Å². The second-order valence-corrected chi connectivity index (χ2v) is 5.08. The predicted molar refractivity (Wildman–Crippen MR) is 60.5 cm³/mol. The molecule has 0 aromatic rings. The standard InChI is InChI=1S/C12H23NO2/c1-8(2)11(9(3)4)13-12(14)10-5-6-15-7-10/h8-11H,5-7H2,1-4H3,(H,13,14). The molecule has 0 aliphatic carbocycles. The minimum atomic E-state index is 0.0741. The van der Waals surface area contributed by atoms with Crippen LogP contribution in [0.4, 0.5) is 0 Å². The lowest BCUT2D eigenvalue weighted by Gasteiger charge is -2.27. The normalized spacial score (nSPS) is 21.7. The van der Waals surface area contributed by atoms with Crippen molar-refractivity contribution in [3.05, 3.63) is 0 Å². The quantitative estimate of drug-likeness (QED) is 0.773. The topological polar surface area (TPSA) is 38.3 Å². The zero-order valence-corrected chi connectivity index (χ0v) is 10.2. The zero-order valence-electron chi connectivity index (χ0n) is 10.2. The van der Waals surface area contributed by atoms with Crippen LogP contribution in [0.2, 0.25) is 0 Å². The van der Waals surface area contributed by atoms with E-state index >= 15 is 0 Å². The number of hydrogen-bond donors (Lipinski definition) is 1. The maximum Gasteiger partial charge on any atom is 0.225 e. The van der Waals surface area contributed by atoms with E-state index < -0.39 is 0 Å². The fourth-order valence-corrected chi connectivity index (χ4v) is 2.13. The molecule has 0 aromatic heterocycles. The number of nitrogens with one attached hydrogen (secondary N) is 1. The van der Waals surface area contributed by atoms with Crippen molar-refractivity contribution in [3.8, 4) is 0 Å². The highest BCUT2D eigenvalue weighted by Gasteiger charge is 2.27. The van der Waals surface area contributed by atoms with Crippen molar-refractivity contribution in [2.24, 2.45) is 17.8 Å². The van der Waals surface area contributed by atoms with Crippen molar-refractivity contribution in [3.63, 3.8) is 0 Å². The highest BCUT2D eigenvalue weighted by molar-refractivity contribution is 5.79. The second-order valence-electron chi connectivity index (χ2n) is 5.08. The molecule has 0 radical (unpaired) electrons. The van der Waals surface area contributed by atoms with Crippen LogP contribution in [0.5, 0.6) is 0 Å². The van der Waals surface area contributed by atoms with Crippen molar-refractivity contribution in [2.75, 3.05) is 13.2 Å². The van der Waals surface area contributed by atoms with E-state index in [4.69, 9.17) is 4.74 Å². The summed E-state index contributed by atoms with van der Waals surface area (Å²) in [6.07, 6.45) is 0.870. The Labute approximate surface area is 92.6 Å². The van der Waals surface area contributed by atoms with Crippen LogP contribution in [0.25, 0.3) is 0 Å². The molecule has 0 saturated carbocycles. The molecule has 1 amide bonds. The molecule has 1 heterocycles. The third-order valence-electron chi connectivity index (χ3n) is 3.05. The number of ether oxygens (including phenoxy) is 1. The first-order valence-corrected chi connectivity index (χ1v) is 5.90. The summed E-state index contributed by atoms with van der Waals surface area (Å²) in [5.74, 6) is 1.21. The molecule has 15 heavy (non-hydrogen) atoms. The van der Waals surface area contributed by atoms with Gasteiger partial charge in [-0.3, -0.25) is 4.79 Å². The molecular formula is C12H23NO2. The molecule has 3 heteroatoms. The van der Waals surface area contributed by atoms with Gasteiger partial charge in [0.15, 0.2) is 0 Å². The molecule has 1 aliphatic heterocycles. The molecule has 1 atom stereocenters. The SMILES string of the molecule is CC(C)C(NC(=O)C1CCOC1)C(C)C. The van der Waals surface area contributed by atoms with Crippen LogP contribution in [0.15, 0.2) is 0 Å². The number of carbonyl (C=O) groups excluding carboxylic acids is 1. The monoisotopic (exact) mass is 213 g/mol. The average molecular weight is 213 g/mol. The zero-order chi connectivity index (χ0) is 11.4. The van der Waals surface area contributed by atoms with Crippen LogP contribution in [-0.4, -0.2) is 25.2 Å². The van der Waals surface area contributed by atoms with E-state index in [2.05, 4.69) is 33.0 Å². The second kappa shape index (κ2) is 5.50. The first-order valence-electron chi connectivity index (χ1n) is 5.90. The highest BCUT2D eigenvalue weighted by Crippen LogP contribution is 2.16. The van der Waals surface area contributed by atoms with Gasteiger partial charge in [-0.05, 0) is 18.3 Å². The molecule has 1 aliphatic rings. The lowest BCUT2D eigenvalue weighted by molar-refractivity contribution is -0.126. The first-order chi connectivity index (χ1) is 7.02. The minimum Gasteiger partial charge on any atom is -0.381 e. The maximum atomic E-state index is 11.9. The summed E-state index contributed by atoms with van der Waals surface area (Å²) in [5.41, 5.74) is 0. The molecular weight excluding hydrogens is 190 g/mol. The number of amides is 1. The van der Waals surface area contributed by atoms with Gasteiger partial charge < -0.3 is 10.1 Å². The summed E-state index contributed by atoms with van der Waals surface area (Å²) < 4.78 is 5.22. The van der Waals surface area contributed by atoms with E-state index in [9.17, 15) is 4.79 Å². The Bertz CT molecular complexity index is 200. The van der Waals surface area contributed by atoms with Crippen molar-refractivity contribution in [2.45, 2.75) is 40.2 Å². The van der Waals surface area contributed by atoms with Crippen molar-refractivity contribution >= 4 is 5.91 Å². The van der Waals surface area contributed by atoms with Crippen LogP contribution < -0.4 is 5.32 Å². The van der Waals surface area contributed by atoms with Gasteiger partial charge in [-0.15, -0.1) is 0 Å². The summed E-state index contributed by atoms with van der Waals surface area (Å²) in [7, 11) is 0. The van der Waals surface area contributed by atoms with E-state index in [1.807, 2.05) is 0 Å². The maximum absolute atomic E-state index is 11.9. The number of hydrogen-bond acceptors (Lipinski definition) is 2. The van der Waals surface area contributed by atoms with Crippen molar-refractivity contribution in [1.29, 1.82) is 0 Å². The third kappa shape index (κ3) is 3.49. The Morgan fingerprint density at radius 3 is 2.27 bits per heavy atom. The molecule has 1 N–H and O–H groups in total. The van der Waals surface area contributed by atoms with Crippen molar-refractivity contribution in [1.82, 2.24) is 5.32 Å². The Balaban J connectivity index is 2.46. The van der Waals surface area contributed by atoms with Crippen molar-refractivity contribution < 1.29 is 9.53 Å². The largest absolute Gasteiger partial charge is 0.381 e. The fraction of sp³-hybridized carbons (Fsp3) is 0.917. The van der Waals surface area contributed by atoms with Crippen LogP contribution in [0.1, 0.15) is 34.1 Å². The number of rotatable bonds is 4. The third-order valence-corrected chi connectivity index (χ3v) is 3.05. The average Bonchev–Trinajstić information content (AvgIpc) is 2.65. The van der Waals surface area contributed by atoms with Gasteiger partial charge in [-0.25, -0.2) is 0 Å². The molecule has 3 nitrogen and oxygen atoms in total. The van der Waals surface area contributed by atoms with Gasteiger partial charge in [0.1, 0.15) is 0 Å². The Morgan fingerprint density at radius 1 is 1.27 bits per heavy atom. The minimum absolute atomic E-state index is 0.0741. The van der Waals surface area contributed by atoms with E-state index in [1.165, 1.54) is 0 Å². The van der Waals surface area contributed by atoms with Gasteiger partial charge in [0.2, 0.25) is 5.91 Å². The summed E-state index contributed by atoms with van der Waals surface area (Å²) in [6, 6.07) is 0.276. The van der Waals surface area contributed by atoms with Gasteiger partial charge >= 0.3 is 0 Å². The Hall–Kier alpha value is -0.570. The lowest BCUT2D eigenvalue weighted by Crippen LogP contribution is -2.45.